The highest BCUT2D eigenvalue weighted by Gasteiger charge is 2.53. The van der Waals surface area contributed by atoms with Crippen LogP contribution in [0.25, 0.3) is 0 Å². The third-order valence-electron chi connectivity index (χ3n) is 4.52. The van der Waals surface area contributed by atoms with Crippen LogP contribution in [0, 0.1) is 5.92 Å². The average molecular weight is 342 g/mol. The van der Waals surface area contributed by atoms with E-state index in [1.165, 1.54) is 0 Å². The minimum atomic E-state index is -0.636. The zero-order valence-electron chi connectivity index (χ0n) is 15.4. The maximum Gasteiger partial charge on any atom is 0.410 e. The molecule has 25 heavy (non-hydrogen) atoms. The Morgan fingerprint density at radius 3 is 2.64 bits per heavy atom. The van der Waals surface area contributed by atoms with Crippen LogP contribution in [0.5, 0.6) is 0 Å². The van der Waals surface area contributed by atoms with Crippen LogP contribution in [-0.2, 0) is 9.47 Å². The van der Waals surface area contributed by atoms with Crippen molar-refractivity contribution in [2.24, 2.45) is 10.9 Å². The maximum atomic E-state index is 12.5. The van der Waals surface area contributed by atoms with E-state index in [1.807, 2.05) is 64.2 Å². The number of aliphatic imine (C=N–C) groups is 1. The van der Waals surface area contributed by atoms with Gasteiger partial charge in [-0.1, -0.05) is 42.5 Å². The molecule has 0 aromatic heterocycles. The van der Waals surface area contributed by atoms with Crippen LogP contribution in [0.15, 0.2) is 47.5 Å². The van der Waals surface area contributed by atoms with Crippen LogP contribution in [0.1, 0.15) is 39.5 Å². The number of hydrogen-bond donors (Lipinski definition) is 0. The lowest BCUT2D eigenvalue weighted by Gasteiger charge is -2.28. The molecule has 1 fully saturated rings. The molecule has 5 nitrogen and oxygen atoms in total. The Kier molecular flexibility index (Phi) is 4.45. The summed E-state index contributed by atoms with van der Waals surface area (Å²) in [6.45, 7) is 12.6. The molecule has 0 bridgehead atoms. The van der Waals surface area contributed by atoms with E-state index in [9.17, 15) is 4.79 Å². The van der Waals surface area contributed by atoms with Crippen molar-refractivity contribution in [2.45, 2.75) is 45.1 Å². The second kappa shape index (κ2) is 6.30. The normalized spacial score (nSPS) is 28.6. The van der Waals surface area contributed by atoms with Gasteiger partial charge in [0.2, 0.25) is 0 Å². The van der Waals surface area contributed by atoms with Crippen LogP contribution < -0.4 is 0 Å². The summed E-state index contributed by atoms with van der Waals surface area (Å²) in [5, 5.41) is 0. The summed E-state index contributed by atoms with van der Waals surface area (Å²) < 4.78 is 11.9. The van der Waals surface area contributed by atoms with Gasteiger partial charge in [0, 0.05) is 24.2 Å². The number of carbonyl (C=O) groups excluding carboxylic acids is 1. The van der Waals surface area contributed by atoms with Gasteiger partial charge in [0.05, 0.1) is 6.54 Å². The van der Waals surface area contributed by atoms with Crippen LogP contribution >= 0.6 is 0 Å². The molecule has 2 heterocycles. The summed E-state index contributed by atoms with van der Waals surface area (Å²) in [5.41, 5.74) is 0.824. The molecule has 1 aromatic rings. The summed E-state index contributed by atoms with van der Waals surface area (Å²) in [6.07, 6.45) is 1.19. The van der Waals surface area contributed by atoms with Crippen LogP contribution in [0.4, 0.5) is 4.79 Å². The van der Waals surface area contributed by atoms with Gasteiger partial charge < -0.3 is 14.4 Å². The minimum absolute atomic E-state index is 0.00233. The number of nitrogens with zero attached hydrogens (tertiary/aromatic N) is 2. The van der Waals surface area contributed by atoms with Crippen molar-refractivity contribution in [3.63, 3.8) is 0 Å². The number of rotatable bonds is 2. The first-order valence-electron chi connectivity index (χ1n) is 8.61. The first-order chi connectivity index (χ1) is 11.7. The van der Waals surface area contributed by atoms with E-state index >= 15 is 0 Å². The average Bonchev–Trinajstić information content (AvgIpc) is 3.12. The van der Waals surface area contributed by atoms with Crippen LogP contribution in [0.3, 0.4) is 0 Å². The molecule has 0 aliphatic carbocycles. The van der Waals surface area contributed by atoms with Crippen molar-refractivity contribution in [1.29, 1.82) is 0 Å². The molecule has 2 aliphatic heterocycles. The Labute approximate surface area is 149 Å². The van der Waals surface area contributed by atoms with E-state index in [1.54, 1.807) is 4.90 Å². The van der Waals surface area contributed by atoms with Crippen molar-refractivity contribution in [3.8, 4) is 0 Å². The lowest BCUT2D eigenvalue weighted by Crippen LogP contribution is -2.42. The molecule has 0 N–H and O–H groups in total. The van der Waals surface area contributed by atoms with Gasteiger partial charge in [0.1, 0.15) is 11.2 Å². The molecule has 1 spiro atoms. The van der Waals surface area contributed by atoms with Gasteiger partial charge in [-0.3, -0.25) is 4.99 Å². The predicted octanol–water partition coefficient (Wildman–Crippen LogP) is 3.97. The molecular weight excluding hydrogens is 316 g/mol. The van der Waals surface area contributed by atoms with E-state index in [0.29, 0.717) is 13.1 Å². The molecule has 0 radical (unpaired) electrons. The van der Waals surface area contributed by atoms with Crippen molar-refractivity contribution in [3.05, 3.63) is 48.0 Å². The van der Waals surface area contributed by atoms with Crippen molar-refractivity contribution >= 4 is 12.3 Å². The lowest BCUT2D eigenvalue weighted by molar-refractivity contribution is -0.0358. The molecule has 0 saturated carbocycles. The maximum absolute atomic E-state index is 12.5. The standard InChI is InChI=1S/C20H26N2O3/c1-14(2)16-11-22(18(23)25-19(3,4)5)13-20(16)12-21-17(24-20)15-9-7-6-8-10-15/h6-10,12,16-17H,1,11,13H2,2-5H3/t16-,17+,20+/m0/s1. The van der Waals surface area contributed by atoms with E-state index < -0.39 is 11.2 Å². The lowest BCUT2D eigenvalue weighted by atomic mass is 9.87. The van der Waals surface area contributed by atoms with E-state index in [0.717, 1.165) is 11.1 Å². The molecule has 3 atom stereocenters. The van der Waals surface area contributed by atoms with Gasteiger partial charge in [-0.25, -0.2) is 4.79 Å². The van der Waals surface area contributed by atoms with Crippen molar-refractivity contribution in [1.82, 2.24) is 4.90 Å². The summed E-state index contributed by atoms with van der Waals surface area (Å²) in [5.74, 6) is -0.00233. The Morgan fingerprint density at radius 1 is 1.36 bits per heavy atom. The predicted molar refractivity (Wildman–Crippen MR) is 97.6 cm³/mol. The summed E-state index contributed by atoms with van der Waals surface area (Å²) in [6, 6.07) is 9.90. The summed E-state index contributed by atoms with van der Waals surface area (Å²) in [7, 11) is 0. The first-order valence-corrected chi connectivity index (χ1v) is 8.61. The molecule has 0 unspecified atom stereocenters. The number of benzene rings is 1. The second-order valence-corrected chi connectivity index (χ2v) is 7.87. The molecular formula is C20H26N2O3. The molecule has 134 valence electrons. The van der Waals surface area contributed by atoms with Gasteiger partial charge >= 0.3 is 6.09 Å². The summed E-state index contributed by atoms with van der Waals surface area (Å²) >= 11 is 0. The fraction of sp³-hybridized carbons (Fsp3) is 0.500. The van der Waals surface area contributed by atoms with E-state index in [-0.39, 0.29) is 18.2 Å². The smallest absolute Gasteiger partial charge is 0.410 e. The Morgan fingerprint density at radius 2 is 2.04 bits per heavy atom. The monoisotopic (exact) mass is 342 g/mol. The zero-order chi connectivity index (χ0) is 18.2. The topological polar surface area (TPSA) is 51.1 Å². The third-order valence-corrected chi connectivity index (χ3v) is 4.52. The van der Waals surface area contributed by atoms with Crippen LogP contribution in [0.2, 0.25) is 0 Å². The van der Waals surface area contributed by atoms with E-state index in [4.69, 9.17) is 9.47 Å². The fourth-order valence-corrected chi connectivity index (χ4v) is 3.37. The van der Waals surface area contributed by atoms with Gasteiger partial charge in [-0.2, -0.15) is 0 Å². The molecule has 1 amide bonds. The third kappa shape index (κ3) is 3.61. The number of ether oxygens (including phenoxy) is 2. The van der Waals surface area contributed by atoms with Gasteiger partial charge in [0.15, 0.2) is 6.23 Å². The highest BCUT2D eigenvalue weighted by Crippen LogP contribution is 2.42. The SMILES string of the molecule is C=C(C)[C@@H]1CN(C(=O)OC(C)(C)C)C[C@]12C=N[C@@H](c1ccccc1)O2. The number of amides is 1. The molecule has 2 aliphatic rings. The first kappa shape index (κ1) is 17.7. The van der Waals surface area contributed by atoms with Crippen molar-refractivity contribution in [2.75, 3.05) is 13.1 Å². The summed E-state index contributed by atoms with van der Waals surface area (Å²) in [4.78, 5) is 18.8. The quantitative estimate of drug-likeness (QED) is 0.764. The van der Waals surface area contributed by atoms with Gasteiger partial charge in [-0.15, -0.1) is 0 Å². The number of hydrogen-bond acceptors (Lipinski definition) is 4. The molecule has 1 aromatic carbocycles. The van der Waals surface area contributed by atoms with E-state index in [2.05, 4.69) is 11.6 Å². The Bertz CT molecular complexity index is 693. The van der Waals surface area contributed by atoms with Crippen molar-refractivity contribution < 1.29 is 14.3 Å². The van der Waals surface area contributed by atoms with Crippen LogP contribution in [-0.4, -0.2) is 41.5 Å². The minimum Gasteiger partial charge on any atom is -0.444 e. The highest BCUT2D eigenvalue weighted by atomic mass is 16.6. The Balaban J connectivity index is 1.80. The number of carbonyl (C=O) groups is 1. The zero-order valence-corrected chi connectivity index (χ0v) is 15.4. The van der Waals surface area contributed by atoms with Gasteiger partial charge in [-0.05, 0) is 27.7 Å². The Hall–Kier alpha value is -2.14. The number of likely N-dealkylation sites (tertiary alicyclic amines) is 1. The fourth-order valence-electron chi connectivity index (χ4n) is 3.37. The highest BCUT2D eigenvalue weighted by molar-refractivity contribution is 5.77. The molecule has 1 saturated heterocycles. The largest absolute Gasteiger partial charge is 0.444 e. The second-order valence-electron chi connectivity index (χ2n) is 7.87. The molecule has 5 heteroatoms. The molecule has 3 rings (SSSR count). The van der Waals surface area contributed by atoms with Gasteiger partial charge in [0.25, 0.3) is 0 Å².